The van der Waals surface area contributed by atoms with Gasteiger partial charge in [0.05, 0.1) is 12.2 Å². The summed E-state index contributed by atoms with van der Waals surface area (Å²) in [7, 11) is 1.64. The number of primary amides is 1. The van der Waals surface area contributed by atoms with E-state index >= 15 is 0 Å². The number of nitrogens with zero attached hydrogens (tertiary/aromatic N) is 3. The second-order valence-corrected chi connectivity index (χ2v) is 8.90. The molecule has 0 bridgehead atoms. The summed E-state index contributed by atoms with van der Waals surface area (Å²) in [6.07, 6.45) is 0. The number of amides is 2. The molecule has 1 aromatic heterocycles. The molecule has 0 atom stereocenters. The van der Waals surface area contributed by atoms with Crippen molar-refractivity contribution in [2.24, 2.45) is 12.8 Å². The average Bonchev–Trinajstić information content (AvgIpc) is 3.26. The first-order valence-electron chi connectivity index (χ1n) is 12.0. The summed E-state index contributed by atoms with van der Waals surface area (Å²) in [5.74, 6) is -2.75. The lowest BCUT2D eigenvalue weighted by Crippen LogP contribution is -2.35. The van der Waals surface area contributed by atoms with Gasteiger partial charge in [-0.1, -0.05) is 18.2 Å². The van der Waals surface area contributed by atoms with Gasteiger partial charge < -0.3 is 20.1 Å². The highest BCUT2D eigenvalue weighted by Crippen LogP contribution is 2.39. The summed E-state index contributed by atoms with van der Waals surface area (Å²) in [4.78, 5) is 26.4. The predicted octanol–water partition coefficient (Wildman–Crippen LogP) is 4.22. The van der Waals surface area contributed by atoms with Gasteiger partial charge in [0.15, 0.2) is 17.3 Å². The van der Waals surface area contributed by atoms with E-state index in [-0.39, 0.29) is 48.9 Å². The quantitative estimate of drug-likeness (QED) is 0.364. The van der Waals surface area contributed by atoms with Gasteiger partial charge in [0.25, 0.3) is 5.91 Å². The lowest BCUT2D eigenvalue weighted by atomic mass is 10.0. The second-order valence-electron chi connectivity index (χ2n) is 8.90. The maximum atomic E-state index is 14.5. The molecule has 0 fully saturated rings. The SMILES string of the molecule is Cn1nc(C(=O)N(CCOc2ccc(C(N)=O)cc2F)Cc2ccccc2F)c2c1-c1cc(F)ccc1OC2. The molecule has 5 rings (SSSR count). The van der Waals surface area contributed by atoms with Gasteiger partial charge in [-0.05, 0) is 42.5 Å². The van der Waals surface area contributed by atoms with Gasteiger partial charge in [-0.25, -0.2) is 13.2 Å². The standard InChI is InChI=1S/C28H23F3N4O4/c1-34-26-19-13-18(29)7-9-23(19)39-15-20(26)25(33-34)28(37)35(14-17-4-2-3-5-21(17)30)10-11-38-24-8-6-16(27(32)36)12-22(24)31/h2-9,12-13H,10-11,14-15H2,1H3,(H2,32,36). The minimum atomic E-state index is -0.792. The van der Waals surface area contributed by atoms with Crippen LogP contribution >= 0.6 is 0 Å². The molecule has 1 aliphatic heterocycles. The Kier molecular flexibility index (Phi) is 6.97. The minimum Gasteiger partial charge on any atom is -0.489 e. The molecule has 0 spiro atoms. The number of carbonyl (C=O) groups excluding carboxylic acids is 2. The van der Waals surface area contributed by atoms with E-state index in [1.165, 1.54) is 52.0 Å². The van der Waals surface area contributed by atoms with Crippen LogP contribution in [0.25, 0.3) is 11.3 Å². The molecule has 2 N–H and O–H groups in total. The zero-order valence-corrected chi connectivity index (χ0v) is 20.8. The number of rotatable bonds is 8. The van der Waals surface area contributed by atoms with E-state index in [9.17, 15) is 22.8 Å². The lowest BCUT2D eigenvalue weighted by molar-refractivity contribution is 0.0703. The number of nitrogens with two attached hydrogens (primary N) is 1. The van der Waals surface area contributed by atoms with Gasteiger partial charge in [0.1, 0.15) is 30.6 Å². The van der Waals surface area contributed by atoms with E-state index in [1.807, 2.05) is 0 Å². The molecule has 3 aromatic carbocycles. The normalized spacial score (nSPS) is 11.8. The molecule has 0 aliphatic carbocycles. The number of carbonyl (C=O) groups is 2. The van der Waals surface area contributed by atoms with Crippen molar-refractivity contribution < 1.29 is 32.2 Å². The molecular weight excluding hydrogens is 513 g/mol. The summed E-state index contributed by atoms with van der Waals surface area (Å²) in [6, 6.07) is 13.7. The molecule has 1 aliphatic rings. The smallest absolute Gasteiger partial charge is 0.275 e. The fourth-order valence-electron chi connectivity index (χ4n) is 4.45. The maximum absolute atomic E-state index is 14.5. The van der Waals surface area contributed by atoms with Crippen molar-refractivity contribution in [3.63, 3.8) is 0 Å². The van der Waals surface area contributed by atoms with Crippen molar-refractivity contribution in [1.29, 1.82) is 0 Å². The van der Waals surface area contributed by atoms with Crippen LogP contribution in [0.5, 0.6) is 11.5 Å². The van der Waals surface area contributed by atoms with Crippen LogP contribution in [-0.4, -0.2) is 39.6 Å². The second kappa shape index (κ2) is 10.5. The molecule has 0 saturated heterocycles. The molecule has 4 aromatic rings. The van der Waals surface area contributed by atoms with Crippen LogP contribution in [0.1, 0.15) is 32.0 Å². The molecule has 0 saturated carbocycles. The zero-order chi connectivity index (χ0) is 27.7. The fraction of sp³-hybridized carbons (Fsp3) is 0.179. The van der Waals surface area contributed by atoms with Gasteiger partial charge in [0.2, 0.25) is 5.91 Å². The monoisotopic (exact) mass is 536 g/mol. The average molecular weight is 537 g/mol. The Hall–Kier alpha value is -4.80. The van der Waals surface area contributed by atoms with Gasteiger partial charge in [0, 0.05) is 35.8 Å². The Bertz CT molecular complexity index is 1590. The van der Waals surface area contributed by atoms with E-state index in [0.717, 1.165) is 6.07 Å². The molecule has 2 amide bonds. The van der Waals surface area contributed by atoms with Crippen LogP contribution in [-0.2, 0) is 20.2 Å². The summed E-state index contributed by atoms with van der Waals surface area (Å²) in [5.41, 5.74) is 6.95. The van der Waals surface area contributed by atoms with Crippen molar-refractivity contribution >= 4 is 11.8 Å². The number of halogens is 3. The first-order chi connectivity index (χ1) is 18.7. The van der Waals surface area contributed by atoms with Crippen LogP contribution in [0, 0.1) is 17.5 Å². The molecule has 2 heterocycles. The summed E-state index contributed by atoms with van der Waals surface area (Å²) in [6.45, 7) is -0.284. The fourth-order valence-corrected chi connectivity index (χ4v) is 4.45. The summed E-state index contributed by atoms with van der Waals surface area (Å²) < 4.78 is 55.7. The highest BCUT2D eigenvalue weighted by Gasteiger charge is 2.31. The number of aromatic nitrogens is 2. The highest BCUT2D eigenvalue weighted by atomic mass is 19.1. The predicted molar refractivity (Wildman–Crippen MR) is 134 cm³/mol. The first-order valence-corrected chi connectivity index (χ1v) is 12.0. The third-order valence-electron chi connectivity index (χ3n) is 6.36. The highest BCUT2D eigenvalue weighted by molar-refractivity contribution is 5.96. The first kappa shape index (κ1) is 25.8. The Balaban J connectivity index is 1.43. The molecular formula is C28H23F3N4O4. The van der Waals surface area contributed by atoms with Crippen LogP contribution < -0.4 is 15.2 Å². The molecule has 8 nitrogen and oxygen atoms in total. The van der Waals surface area contributed by atoms with E-state index < -0.39 is 29.3 Å². The van der Waals surface area contributed by atoms with Crippen molar-refractivity contribution in [3.8, 4) is 22.8 Å². The van der Waals surface area contributed by atoms with Crippen LogP contribution in [0.15, 0.2) is 60.7 Å². The van der Waals surface area contributed by atoms with Crippen molar-refractivity contribution in [2.75, 3.05) is 13.2 Å². The Labute approximate surface area is 221 Å². The van der Waals surface area contributed by atoms with Crippen LogP contribution in [0.3, 0.4) is 0 Å². The number of fused-ring (bicyclic) bond motifs is 3. The molecule has 11 heteroatoms. The summed E-state index contributed by atoms with van der Waals surface area (Å²) >= 11 is 0. The number of benzene rings is 3. The molecule has 0 radical (unpaired) electrons. The van der Waals surface area contributed by atoms with Gasteiger partial charge in [-0.3, -0.25) is 14.3 Å². The van der Waals surface area contributed by atoms with Crippen LogP contribution in [0.4, 0.5) is 13.2 Å². The van der Waals surface area contributed by atoms with Gasteiger partial charge in [-0.15, -0.1) is 0 Å². The third kappa shape index (κ3) is 5.15. The molecule has 0 unspecified atom stereocenters. The topological polar surface area (TPSA) is 99.7 Å². The zero-order valence-electron chi connectivity index (χ0n) is 20.8. The molecule has 200 valence electrons. The van der Waals surface area contributed by atoms with E-state index in [4.69, 9.17) is 15.2 Å². The van der Waals surface area contributed by atoms with E-state index in [1.54, 1.807) is 19.2 Å². The van der Waals surface area contributed by atoms with E-state index in [0.29, 0.717) is 22.6 Å². The largest absolute Gasteiger partial charge is 0.489 e. The Morgan fingerprint density at radius 1 is 1.08 bits per heavy atom. The number of hydrogen-bond donors (Lipinski definition) is 1. The van der Waals surface area contributed by atoms with E-state index in [2.05, 4.69) is 5.10 Å². The van der Waals surface area contributed by atoms with Crippen molar-refractivity contribution in [1.82, 2.24) is 14.7 Å². The van der Waals surface area contributed by atoms with Crippen molar-refractivity contribution in [3.05, 3.63) is 100 Å². The number of hydrogen-bond acceptors (Lipinski definition) is 5. The lowest BCUT2D eigenvalue weighted by Gasteiger charge is -2.24. The Morgan fingerprint density at radius 2 is 1.87 bits per heavy atom. The number of ether oxygens (including phenoxy) is 2. The Morgan fingerprint density at radius 3 is 2.62 bits per heavy atom. The summed E-state index contributed by atoms with van der Waals surface area (Å²) in [5, 5.41) is 4.40. The molecule has 39 heavy (non-hydrogen) atoms. The van der Waals surface area contributed by atoms with Gasteiger partial charge >= 0.3 is 0 Å². The number of aryl methyl sites for hydroxylation is 1. The minimum absolute atomic E-state index is 0.0141. The maximum Gasteiger partial charge on any atom is 0.275 e. The van der Waals surface area contributed by atoms with Crippen LogP contribution in [0.2, 0.25) is 0 Å². The van der Waals surface area contributed by atoms with Crippen molar-refractivity contribution in [2.45, 2.75) is 13.2 Å². The third-order valence-corrected chi connectivity index (χ3v) is 6.36. The van der Waals surface area contributed by atoms with Gasteiger partial charge in [-0.2, -0.15) is 5.10 Å².